The highest BCUT2D eigenvalue weighted by molar-refractivity contribution is 7.99. The molecular formula is C25H21N5O2S4. The summed E-state index contributed by atoms with van der Waals surface area (Å²) in [6, 6.07) is 13.7. The average Bonchev–Trinajstić information content (AvgIpc) is 3.48. The zero-order valence-corrected chi connectivity index (χ0v) is 22.9. The predicted molar refractivity (Wildman–Crippen MR) is 151 cm³/mol. The minimum Gasteiger partial charge on any atom is -0.301 e. The number of aromatic nitrogens is 4. The van der Waals surface area contributed by atoms with Gasteiger partial charge in [0.1, 0.15) is 4.70 Å². The average molecular weight is 552 g/mol. The van der Waals surface area contributed by atoms with Crippen molar-refractivity contribution in [2.45, 2.75) is 25.9 Å². The summed E-state index contributed by atoms with van der Waals surface area (Å²) in [7, 11) is 0. The SMILES string of the molecule is Cc1ccc(-n2c(SCC(=O)Nc3nccs3)nc3c(sc(=S)n3-c3ccc(C)c(C)c3)c2=O)cc1. The third kappa shape index (κ3) is 4.79. The maximum atomic E-state index is 13.8. The maximum absolute atomic E-state index is 13.8. The number of hydrogen-bond donors (Lipinski definition) is 1. The van der Waals surface area contributed by atoms with Crippen molar-refractivity contribution >= 4 is 68.0 Å². The highest BCUT2D eigenvalue weighted by Gasteiger charge is 2.20. The van der Waals surface area contributed by atoms with Gasteiger partial charge in [-0.3, -0.25) is 18.7 Å². The second-order valence-electron chi connectivity index (χ2n) is 8.17. The molecular weight excluding hydrogens is 531 g/mol. The van der Waals surface area contributed by atoms with Crippen LogP contribution in [0, 0.1) is 24.7 Å². The Hall–Kier alpha value is -3.12. The van der Waals surface area contributed by atoms with Gasteiger partial charge in [-0.05, 0) is 68.4 Å². The zero-order valence-electron chi connectivity index (χ0n) is 19.6. The van der Waals surface area contributed by atoms with Crippen LogP contribution < -0.4 is 10.9 Å². The summed E-state index contributed by atoms with van der Waals surface area (Å²) in [5.41, 5.74) is 5.17. The highest BCUT2D eigenvalue weighted by atomic mass is 32.2. The maximum Gasteiger partial charge on any atom is 0.278 e. The second kappa shape index (κ2) is 10.1. The zero-order chi connectivity index (χ0) is 25.4. The van der Waals surface area contributed by atoms with Gasteiger partial charge < -0.3 is 5.32 Å². The number of thiazole rings is 2. The number of nitrogens with zero attached hydrogens (tertiary/aromatic N) is 4. The molecule has 0 fully saturated rings. The van der Waals surface area contributed by atoms with E-state index in [0.29, 0.717) is 30.3 Å². The summed E-state index contributed by atoms with van der Waals surface area (Å²) < 4.78 is 4.40. The Morgan fingerprint density at radius 1 is 1.06 bits per heavy atom. The third-order valence-corrected chi connectivity index (χ3v) is 8.61. The van der Waals surface area contributed by atoms with Crippen LogP contribution in [0.2, 0.25) is 0 Å². The molecule has 1 amide bonds. The van der Waals surface area contributed by atoms with Crippen molar-refractivity contribution in [2.75, 3.05) is 11.1 Å². The van der Waals surface area contributed by atoms with Crippen LogP contribution in [0.1, 0.15) is 16.7 Å². The molecule has 3 heterocycles. The number of amides is 1. The van der Waals surface area contributed by atoms with Crippen LogP contribution in [0.4, 0.5) is 5.13 Å². The van der Waals surface area contributed by atoms with Crippen molar-refractivity contribution in [3.63, 3.8) is 0 Å². The van der Waals surface area contributed by atoms with Gasteiger partial charge in [-0.15, -0.1) is 11.3 Å². The van der Waals surface area contributed by atoms with Crippen molar-refractivity contribution in [3.05, 3.63) is 85.0 Å². The number of hydrogen-bond acceptors (Lipinski definition) is 8. The molecule has 0 unspecified atom stereocenters. The molecule has 5 aromatic rings. The van der Waals surface area contributed by atoms with Crippen molar-refractivity contribution in [2.24, 2.45) is 0 Å². The standard InChI is InChI=1S/C25H21N5O2S4/c1-14-4-7-17(8-5-14)30-22(32)20-21(28-24(30)35-13-19(31)27-23-26-10-11-34-23)29(25(33)36-20)18-9-6-15(2)16(3)12-18/h4-12H,13H2,1-3H3,(H,26,27,31). The van der Waals surface area contributed by atoms with E-state index in [1.165, 1.54) is 40.0 Å². The van der Waals surface area contributed by atoms with Crippen molar-refractivity contribution < 1.29 is 4.79 Å². The lowest BCUT2D eigenvalue weighted by Crippen LogP contribution is -2.22. The van der Waals surface area contributed by atoms with Gasteiger partial charge in [-0.1, -0.05) is 46.9 Å². The van der Waals surface area contributed by atoms with Crippen LogP contribution in [0.15, 0.2) is 64.0 Å². The molecule has 5 rings (SSSR count). The summed E-state index contributed by atoms with van der Waals surface area (Å²) in [6.07, 6.45) is 1.63. The summed E-state index contributed by atoms with van der Waals surface area (Å²) in [4.78, 5) is 35.4. The van der Waals surface area contributed by atoms with Crippen LogP contribution in [0.3, 0.4) is 0 Å². The number of rotatable bonds is 6. The number of nitrogens with one attached hydrogen (secondary N) is 1. The topological polar surface area (TPSA) is 81.8 Å². The lowest BCUT2D eigenvalue weighted by molar-refractivity contribution is -0.113. The molecule has 2 aromatic carbocycles. The molecule has 7 nitrogen and oxygen atoms in total. The number of aryl methyl sites for hydroxylation is 3. The Morgan fingerprint density at radius 3 is 2.50 bits per heavy atom. The number of carbonyl (C=O) groups excluding carboxylic acids is 1. The monoisotopic (exact) mass is 551 g/mol. The molecule has 11 heteroatoms. The molecule has 3 aromatic heterocycles. The van der Waals surface area contributed by atoms with Crippen LogP contribution in [-0.4, -0.2) is 30.8 Å². The lowest BCUT2D eigenvalue weighted by Gasteiger charge is -2.13. The fourth-order valence-corrected chi connectivity index (χ4v) is 6.27. The van der Waals surface area contributed by atoms with Gasteiger partial charge in [0.2, 0.25) is 5.91 Å². The van der Waals surface area contributed by atoms with Gasteiger partial charge in [0.05, 0.1) is 11.4 Å². The Kier molecular flexibility index (Phi) is 6.89. The van der Waals surface area contributed by atoms with E-state index in [9.17, 15) is 9.59 Å². The largest absolute Gasteiger partial charge is 0.301 e. The van der Waals surface area contributed by atoms with E-state index in [2.05, 4.69) is 10.3 Å². The van der Waals surface area contributed by atoms with E-state index in [4.69, 9.17) is 17.2 Å². The molecule has 0 saturated carbocycles. The molecule has 36 heavy (non-hydrogen) atoms. The molecule has 0 saturated heterocycles. The van der Waals surface area contributed by atoms with E-state index in [0.717, 1.165) is 16.8 Å². The normalized spacial score (nSPS) is 11.2. The number of anilines is 1. The first kappa shape index (κ1) is 24.6. The van der Waals surface area contributed by atoms with Gasteiger partial charge in [-0.2, -0.15) is 0 Å². The van der Waals surface area contributed by atoms with Crippen molar-refractivity contribution in [1.29, 1.82) is 0 Å². The molecule has 0 radical (unpaired) electrons. The highest BCUT2D eigenvalue weighted by Crippen LogP contribution is 2.28. The first-order valence-corrected chi connectivity index (χ1v) is 14.1. The Labute approximate surface area is 224 Å². The van der Waals surface area contributed by atoms with E-state index < -0.39 is 0 Å². The predicted octanol–water partition coefficient (Wildman–Crippen LogP) is 6.08. The quantitative estimate of drug-likeness (QED) is 0.156. The molecule has 0 spiro atoms. The second-order valence-corrected chi connectivity index (χ2v) is 11.7. The first-order chi connectivity index (χ1) is 17.3. The van der Waals surface area contributed by atoms with E-state index >= 15 is 0 Å². The Bertz CT molecular complexity index is 1700. The third-order valence-electron chi connectivity index (χ3n) is 5.63. The smallest absolute Gasteiger partial charge is 0.278 e. The number of thioether (sulfide) groups is 1. The van der Waals surface area contributed by atoms with Gasteiger partial charge in [-0.25, -0.2) is 9.97 Å². The van der Waals surface area contributed by atoms with Gasteiger partial charge in [0.25, 0.3) is 5.56 Å². The molecule has 1 N–H and O–H groups in total. The van der Waals surface area contributed by atoms with E-state index in [-0.39, 0.29) is 17.2 Å². The molecule has 0 aliphatic rings. The van der Waals surface area contributed by atoms with E-state index in [1.54, 1.807) is 16.1 Å². The van der Waals surface area contributed by atoms with Crippen molar-refractivity contribution in [3.8, 4) is 11.4 Å². The van der Waals surface area contributed by atoms with Gasteiger partial charge in [0, 0.05) is 17.3 Å². The molecule has 0 aliphatic carbocycles. The summed E-state index contributed by atoms with van der Waals surface area (Å²) in [6.45, 7) is 6.08. The van der Waals surface area contributed by atoms with Crippen LogP contribution in [0.25, 0.3) is 21.7 Å². The van der Waals surface area contributed by atoms with Crippen LogP contribution in [-0.2, 0) is 4.79 Å². The molecule has 0 atom stereocenters. The molecule has 0 aliphatic heterocycles. The molecule has 182 valence electrons. The molecule has 0 bridgehead atoms. The van der Waals surface area contributed by atoms with Crippen LogP contribution in [0.5, 0.6) is 0 Å². The van der Waals surface area contributed by atoms with E-state index in [1.807, 2.05) is 67.8 Å². The van der Waals surface area contributed by atoms with Gasteiger partial charge in [0.15, 0.2) is 19.9 Å². The minimum atomic E-state index is -0.226. The number of benzene rings is 2. The van der Waals surface area contributed by atoms with Crippen molar-refractivity contribution in [1.82, 2.24) is 19.1 Å². The van der Waals surface area contributed by atoms with Crippen LogP contribution >= 0.6 is 46.7 Å². The van der Waals surface area contributed by atoms with Gasteiger partial charge >= 0.3 is 0 Å². The fraction of sp³-hybridized carbons (Fsp3) is 0.160. The summed E-state index contributed by atoms with van der Waals surface area (Å²) in [5.74, 6) is -0.159. The Morgan fingerprint density at radius 2 is 1.81 bits per heavy atom. The fourth-order valence-electron chi connectivity index (χ4n) is 3.62. The number of fused-ring (bicyclic) bond motifs is 1. The Balaban J connectivity index is 1.65. The number of carbonyl (C=O) groups is 1. The summed E-state index contributed by atoms with van der Waals surface area (Å²) >= 11 is 9.47. The lowest BCUT2D eigenvalue weighted by atomic mass is 10.1. The summed E-state index contributed by atoms with van der Waals surface area (Å²) in [5, 5.41) is 5.51. The first-order valence-electron chi connectivity index (χ1n) is 11.0. The minimum absolute atomic E-state index is 0.0674.